The number of likely N-dealkylation sites (tertiary alicyclic amines) is 1. The number of hydrogen-bond acceptors (Lipinski definition) is 3. The molecule has 5 nitrogen and oxygen atoms in total. The van der Waals surface area contributed by atoms with Gasteiger partial charge in [0, 0.05) is 25.6 Å². The van der Waals surface area contributed by atoms with Gasteiger partial charge in [0.15, 0.2) is 0 Å². The van der Waals surface area contributed by atoms with Crippen molar-refractivity contribution in [1.29, 1.82) is 0 Å². The number of carbonyl (C=O) groups excluding carboxylic acids is 1. The zero-order valence-corrected chi connectivity index (χ0v) is 14.1. The van der Waals surface area contributed by atoms with Crippen molar-refractivity contribution in [3.63, 3.8) is 0 Å². The predicted molar refractivity (Wildman–Crippen MR) is 86.9 cm³/mol. The van der Waals surface area contributed by atoms with E-state index in [4.69, 9.17) is 0 Å². The fourth-order valence-electron chi connectivity index (χ4n) is 2.68. The second-order valence-electron chi connectivity index (χ2n) is 5.77. The molecule has 2 rings (SSSR count). The summed E-state index contributed by atoms with van der Waals surface area (Å²) in [4.78, 5) is 13.9. The number of nitrogens with zero attached hydrogens (tertiary/aromatic N) is 1. The molecule has 128 valence electrons. The molecule has 0 radical (unpaired) electrons. The first-order valence-corrected chi connectivity index (χ1v) is 9.57. The van der Waals surface area contributed by atoms with Crippen molar-refractivity contribution >= 4 is 15.9 Å². The number of rotatable bonds is 6. The van der Waals surface area contributed by atoms with E-state index in [-0.39, 0.29) is 29.9 Å². The van der Waals surface area contributed by atoms with E-state index in [1.54, 1.807) is 30.0 Å². The van der Waals surface area contributed by atoms with Gasteiger partial charge in [-0.3, -0.25) is 4.79 Å². The molecule has 0 aromatic heterocycles. The van der Waals surface area contributed by atoms with Gasteiger partial charge in [-0.2, -0.15) is 0 Å². The number of nitrogens with one attached hydrogen (secondary N) is 1. The Morgan fingerprint density at radius 2 is 1.96 bits per heavy atom. The van der Waals surface area contributed by atoms with Crippen LogP contribution in [0.4, 0.5) is 4.39 Å². The fourth-order valence-corrected chi connectivity index (χ4v) is 3.60. The van der Waals surface area contributed by atoms with E-state index in [0.29, 0.717) is 37.9 Å². The molecule has 0 bridgehead atoms. The number of hydrogen-bond donors (Lipinski definition) is 1. The molecular weight excluding hydrogens is 319 g/mol. The third-order valence-electron chi connectivity index (χ3n) is 4.14. The molecule has 0 atom stereocenters. The Morgan fingerprint density at radius 3 is 2.57 bits per heavy atom. The Kier molecular flexibility index (Phi) is 6.12. The molecule has 1 amide bonds. The first-order chi connectivity index (χ1) is 10.9. The van der Waals surface area contributed by atoms with Crippen LogP contribution in [0, 0.1) is 5.82 Å². The lowest BCUT2D eigenvalue weighted by atomic mass is 10.0. The highest BCUT2D eigenvalue weighted by atomic mass is 32.2. The average Bonchev–Trinajstić information content (AvgIpc) is 2.54. The number of benzene rings is 1. The largest absolute Gasteiger partial charge is 0.343 e. The predicted octanol–water partition coefficient (Wildman–Crippen LogP) is 1.69. The smallest absolute Gasteiger partial charge is 0.222 e. The minimum Gasteiger partial charge on any atom is -0.343 e. The Balaban J connectivity index is 1.79. The maximum Gasteiger partial charge on any atom is 0.222 e. The highest BCUT2D eigenvalue weighted by molar-refractivity contribution is 7.89. The molecule has 0 spiro atoms. The summed E-state index contributed by atoms with van der Waals surface area (Å²) in [6, 6.07) is 6.37. The van der Waals surface area contributed by atoms with Gasteiger partial charge in [0.05, 0.1) is 5.75 Å². The van der Waals surface area contributed by atoms with Crippen molar-refractivity contribution in [2.45, 2.75) is 38.6 Å². The van der Waals surface area contributed by atoms with Crippen LogP contribution >= 0.6 is 0 Å². The molecule has 1 fully saturated rings. The van der Waals surface area contributed by atoms with Crippen LogP contribution in [0.15, 0.2) is 24.3 Å². The summed E-state index contributed by atoms with van der Waals surface area (Å²) in [7, 11) is -3.20. The molecule has 1 aliphatic heterocycles. The second kappa shape index (κ2) is 7.88. The van der Waals surface area contributed by atoms with Crippen LogP contribution in [0.3, 0.4) is 0 Å². The Labute approximate surface area is 136 Å². The molecule has 1 N–H and O–H groups in total. The van der Waals surface area contributed by atoms with Gasteiger partial charge in [-0.1, -0.05) is 18.2 Å². The van der Waals surface area contributed by atoms with Crippen LogP contribution in [0.5, 0.6) is 0 Å². The van der Waals surface area contributed by atoms with Crippen molar-refractivity contribution in [2.24, 2.45) is 0 Å². The standard InChI is InChI=1S/C16H23FN2O3S/c1-2-23(21,22)18-14-9-11-19(12-10-14)16(20)8-7-13-5-3-4-6-15(13)17/h3-6,14,18H,2,7-12H2,1H3. The first kappa shape index (κ1) is 17.9. The number of amides is 1. The summed E-state index contributed by atoms with van der Waals surface area (Å²) in [5.74, 6) is -0.229. The lowest BCUT2D eigenvalue weighted by molar-refractivity contribution is -0.132. The van der Waals surface area contributed by atoms with E-state index in [9.17, 15) is 17.6 Å². The van der Waals surface area contributed by atoms with E-state index >= 15 is 0 Å². The number of aryl methyl sites for hydroxylation is 1. The van der Waals surface area contributed by atoms with Crippen molar-refractivity contribution in [3.8, 4) is 0 Å². The molecule has 0 unspecified atom stereocenters. The van der Waals surface area contributed by atoms with E-state index in [0.717, 1.165) is 0 Å². The molecule has 1 aliphatic rings. The van der Waals surface area contributed by atoms with Gasteiger partial charge >= 0.3 is 0 Å². The Bertz CT molecular complexity index is 640. The first-order valence-electron chi connectivity index (χ1n) is 7.92. The fraction of sp³-hybridized carbons (Fsp3) is 0.562. The van der Waals surface area contributed by atoms with Crippen molar-refractivity contribution in [2.75, 3.05) is 18.8 Å². The minimum atomic E-state index is -3.20. The van der Waals surface area contributed by atoms with E-state index in [1.165, 1.54) is 6.07 Å². The number of piperidine rings is 1. The molecule has 23 heavy (non-hydrogen) atoms. The van der Waals surface area contributed by atoms with Gasteiger partial charge in [-0.25, -0.2) is 17.5 Å². The maximum atomic E-state index is 13.5. The molecule has 1 saturated heterocycles. The summed E-state index contributed by atoms with van der Waals surface area (Å²) in [6.07, 6.45) is 1.88. The molecule has 0 aliphatic carbocycles. The van der Waals surface area contributed by atoms with Gasteiger partial charge in [-0.05, 0) is 37.8 Å². The van der Waals surface area contributed by atoms with Crippen LogP contribution in [0.1, 0.15) is 31.7 Å². The van der Waals surface area contributed by atoms with Crippen LogP contribution in [-0.4, -0.2) is 44.1 Å². The normalized spacial score (nSPS) is 16.5. The van der Waals surface area contributed by atoms with Gasteiger partial charge in [0.25, 0.3) is 0 Å². The summed E-state index contributed by atoms with van der Waals surface area (Å²) >= 11 is 0. The van der Waals surface area contributed by atoms with Crippen molar-refractivity contribution in [1.82, 2.24) is 9.62 Å². The van der Waals surface area contributed by atoms with E-state index < -0.39 is 10.0 Å². The van der Waals surface area contributed by atoms with Crippen LogP contribution in [0.2, 0.25) is 0 Å². The van der Waals surface area contributed by atoms with E-state index in [2.05, 4.69) is 4.72 Å². The summed E-state index contributed by atoms with van der Waals surface area (Å²) < 4.78 is 39.3. The highest BCUT2D eigenvalue weighted by Gasteiger charge is 2.25. The number of carbonyl (C=O) groups is 1. The molecule has 7 heteroatoms. The van der Waals surface area contributed by atoms with Crippen LogP contribution < -0.4 is 4.72 Å². The van der Waals surface area contributed by atoms with Crippen LogP contribution in [-0.2, 0) is 21.2 Å². The average molecular weight is 342 g/mol. The van der Waals surface area contributed by atoms with Gasteiger partial charge in [0.1, 0.15) is 5.82 Å². The minimum absolute atomic E-state index is 0.00921. The number of halogens is 1. The Hall–Kier alpha value is -1.47. The third-order valence-corrected chi connectivity index (χ3v) is 5.59. The molecular formula is C16H23FN2O3S. The summed E-state index contributed by atoms with van der Waals surface area (Å²) in [5.41, 5.74) is 0.548. The zero-order chi connectivity index (χ0) is 16.9. The molecule has 1 aromatic rings. The van der Waals surface area contributed by atoms with Gasteiger partial charge < -0.3 is 4.90 Å². The zero-order valence-electron chi connectivity index (χ0n) is 13.3. The van der Waals surface area contributed by atoms with Crippen molar-refractivity contribution in [3.05, 3.63) is 35.6 Å². The maximum absolute atomic E-state index is 13.5. The molecule has 1 aromatic carbocycles. The Morgan fingerprint density at radius 1 is 1.30 bits per heavy atom. The van der Waals surface area contributed by atoms with Gasteiger partial charge in [-0.15, -0.1) is 0 Å². The highest BCUT2D eigenvalue weighted by Crippen LogP contribution is 2.15. The van der Waals surface area contributed by atoms with Crippen LogP contribution in [0.25, 0.3) is 0 Å². The van der Waals surface area contributed by atoms with Crippen molar-refractivity contribution < 1.29 is 17.6 Å². The SMILES string of the molecule is CCS(=O)(=O)NC1CCN(C(=O)CCc2ccccc2F)CC1. The third kappa shape index (κ3) is 5.28. The number of sulfonamides is 1. The summed E-state index contributed by atoms with van der Waals surface area (Å²) in [6.45, 7) is 2.67. The second-order valence-corrected chi connectivity index (χ2v) is 7.81. The summed E-state index contributed by atoms with van der Waals surface area (Å²) in [5, 5.41) is 0. The monoisotopic (exact) mass is 342 g/mol. The lowest BCUT2D eigenvalue weighted by Gasteiger charge is -2.32. The quantitative estimate of drug-likeness (QED) is 0.855. The van der Waals surface area contributed by atoms with Gasteiger partial charge in [0.2, 0.25) is 15.9 Å². The lowest BCUT2D eigenvalue weighted by Crippen LogP contribution is -2.46. The van der Waals surface area contributed by atoms with E-state index in [1.807, 2.05) is 0 Å². The molecule has 0 saturated carbocycles. The topological polar surface area (TPSA) is 66.5 Å². The molecule has 1 heterocycles.